The quantitative estimate of drug-likeness (QED) is 0.514. The Labute approximate surface area is 141 Å². The lowest BCUT2D eigenvalue weighted by Crippen LogP contribution is -2.29. The van der Waals surface area contributed by atoms with Crippen molar-refractivity contribution in [2.45, 2.75) is 58.3 Å². The molecule has 128 valence electrons. The van der Waals surface area contributed by atoms with E-state index < -0.39 is 0 Å². The van der Waals surface area contributed by atoms with Gasteiger partial charge in [0.15, 0.2) is 5.78 Å². The fourth-order valence-corrected chi connectivity index (χ4v) is 3.01. The topological polar surface area (TPSA) is 29.5 Å². The summed E-state index contributed by atoms with van der Waals surface area (Å²) in [4.78, 5) is 14.8. The maximum atomic E-state index is 12.3. The zero-order valence-electron chi connectivity index (χ0n) is 14.6. The average Bonchev–Trinajstić information content (AvgIpc) is 2.54. The fourth-order valence-electron chi connectivity index (χ4n) is 3.01. The van der Waals surface area contributed by atoms with Crippen LogP contribution in [-0.4, -0.2) is 36.9 Å². The number of benzene rings is 1. The van der Waals surface area contributed by atoms with Crippen molar-refractivity contribution in [2.24, 2.45) is 0 Å². The number of ether oxygens (including phenoxy) is 1. The molecule has 3 heteroatoms. The molecule has 1 heterocycles. The highest BCUT2D eigenvalue weighted by Crippen LogP contribution is 2.15. The third-order valence-electron chi connectivity index (χ3n) is 4.55. The van der Waals surface area contributed by atoms with E-state index in [1.165, 1.54) is 32.1 Å². The Morgan fingerprint density at radius 2 is 1.70 bits per heavy atom. The second kappa shape index (κ2) is 10.4. The Morgan fingerprint density at radius 1 is 1.04 bits per heavy atom. The van der Waals surface area contributed by atoms with Gasteiger partial charge in [-0.15, -0.1) is 0 Å². The van der Waals surface area contributed by atoms with E-state index in [-0.39, 0.29) is 5.78 Å². The number of carbonyl (C=O) groups is 1. The van der Waals surface area contributed by atoms with Gasteiger partial charge < -0.3 is 9.64 Å². The van der Waals surface area contributed by atoms with Gasteiger partial charge in [0.05, 0.1) is 6.61 Å². The van der Waals surface area contributed by atoms with Crippen molar-refractivity contribution in [1.82, 2.24) is 4.90 Å². The molecule has 1 aliphatic rings. The number of Topliss-reactive ketones (excluding diaryl/α,β-unsaturated/α-hetero) is 1. The zero-order chi connectivity index (χ0) is 16.3. The van der Waals surface area contributed by atoms with Crippen LogP contribution < -0.4 is 4.74 Å². The smallest absolute Gasteiger partial charge is 0.164 e. The van der Waals surface area contributed by atoms with Crippen LogP contribution >= 0.6 is 0 Å². The molecule has 0 saturated carbocycles. The summed E-state index contributed by atoms with van der Waals surface area (Å²) in [6.45, 7) is 6.10. The molecule has 1 aromatic rings. The lowest BCUT2D eigenvalue weighted by molar-refractivity contribution is 0.0962. The number of ketones is 1. The Morgan fingerprint density at radius 3 is 2.35 bits per heavy atom. The molecule has 23 heavy (non-hydrogen) atoms. The standard InChI is InChI=1S/C20H31NO2/c1-2-3-17-23-19-11-9-18(10-12-19)20(22)13-16-21-14-7-5-4-6-8-15-21/h9-12H,2-8,13-17H2,1H3. The van der Waals surface area contributed by atoms with Crippen LogP contribution in [0.1, 0.15) is 68.6 Å². The van der Waals surface area contributed by atoms with Gasteiger partial charge in [-0.2, -0.15) is 0 Å². The minimum Gasteiger partial charge on any atom is -0.494 e. The molecule has 0 bridgehead atoms. The Bertz CT molecular complexity index is 447. The Hall–Kier alpha value is -1.35. The number of nitrogens with zero attached hydrogens (tertiary/aromatic N) is 1. The van der Waals surface area contributed by atoms with Crippen LogP contribution in [-0.2, 0) is 0 Å². The van der Waals surface area contributed by atoms with Crippen molar-refractivity contribution < 1.29 is 9.53 Å². The van der Waals surface area contributed by atoms with Crippen LogP contribution in [0.25, 0.3) is 0 Å². The second-order valence-electron chi connectivity index (χ2n) is 6.51. The van der Waals surface area contributed by atoms with E-state index in [1.807, 2.05) is 24.3 Å². The number of hydrogen-bond donors (Lipinski definition) is 0. The van der Waals surface area contributed by atoms with Crippen molar-refractivity contribution in [2.75, 3.05) is 26.2 Å². The molecular weight excluding hydrogens is 286 g/mol. The first kappa shape index (κ1) is 18.0. The van der Waals surface area contributed by atoms with Crippen molar-refractivity contribution in [3.63, 3.8) is 0 Å². The summed E-state index contributed by atoms with van der Waals surface area (Å²) in [7, 11) is 0. The molecular formula is C20H31NO2. The summed E-state index contributed by atoms with van der Waals surface area (Å²) < 4.78 is 5.64. The van der Waals surface area contributed by atoms with Gasteiger partial charge in [-0.05, 0) is 56.6 Å². The van der Waals surface area contributed by atoms with E-state index in [2.05, 4.69) is 11.8 Å². The highest BCUT2D eigenvalue weighted by Gasteiger charge is 2.11. The first-order valence-electron chi connectivity index (χ1n) is 9.28. The maximum Gasteiger partial charge on any atom is 0.164 e. The maximum absolute atomic E-state index is 12.3. The van der Waals surface area contributed by atoms with Crippen LogP contribution in [0.5, 0.6) is 5.75 Å². The average molecular weight is 317 g/mol. The first-order valence-corrected chi connectivity index (χ1v) is 9.28. The van der Waals surface area contributed by atoms with E-state index in [4.69, 9.17) is 4.74 Å². The van der Waals surface area contributed by atoms with Crippen LogP contribution in [0, 0.1) is 0 Å². The van der Waals surface area contributed by atoms with E-state index >= 15 is 0 Å². The molecule has 1 saturated heterocycles. The van der Waals surface area contributed by atoms with Crippen molar-refractivity contribution in [3.8, 4) is 5.75 Å². The normalized spacial score (nSPS) is 16.6. The van der Waals surface area contributed by atoms with Crippen molar-refractivity contribution >= 4 is 5.78 Å². The van der Waals surface area contributed by atoms with Crippen molar-refractivity contribution in [3.05, 3.63) is 29.8 Å². The Balaban J connectivity index is 1.75. The van der Waals surface area contributed by atoms with Crippen LogP contribution in [0.4, 0.5) is 0 Å². The SMILES string of the molecule is CCCCOc1ccc(C(=O)CCN2CCCCCCC2)cc1. The van der Waals surface area contributed by atoms with Crippen LogP contribution in [0.2, 0.25) is 0 Å². The molecule has 1 fully saturated rings. The number of carbonyl (C=O) groups excluding carboxylic acids is 1. The molecule has 3 nitrogen and oxygen atoms in total. The van der Waals surface area contributed by atoms with Gasteiger partial charge in [-0.1, -0.05) is 32.6 Å². The molecule has 0 spiro atoms. The van der Waals surface area contributed by atoms with Gasteiger partial charge in [0.2, 0.25) is 0 Å². The third-order valence-corrected chi connectivity index (χ3v) is 4.55. The lowest BCUT2D eigenvalue weighted by atomic mass is 10.1. The molecule has 0 radical (unpaired) electrons. The summed E-state index contributed by atoms with van der Waals surface area (Å²) in [5.74, 6) is 1.10. The predicted octanol–water partition coefficient (Wildman–Crippen LogP) is 4.70. The molecule has 0 unspecified atom stereocenters. The van der Waals surface area contributed by atoms with Gasteiger partial charge in [0.25, 0.3) is 0 Å². The monoisotopic (exact) mass is 317 g/mol. The van der Waals surface area contributed by atoms with E-state index in [9.17, 15) is 4.79 Å². The first-order chi connectivity index (χ1) is 11.3. The number of hydrogen-bond acceptors (Lipinski definition) is 3. The molecule has 1 aliphatic heterocycles. The second-order valence-corrected chi connectivity index (χ2v) is 6.51. The zero-order valence-corrected chi connectivity index (χ0v) is 14.6. The van der Waals surface area contributed by atoms with E-state index in [1.54, 1.807) is 0 Å². The largest absolute Gasteiger partial charge is 0.494 e. The van der Waals surface area contributed by atoms with Crippen molar-refractivity contribution in [1.29, 1.82) is 0 Å². The summed E-state index contributed by atoms with van der Waals surface area (Å²) in [5.41, 5.74) is 0.805. The molecule has 1 aromatic carbocycles. The number of unbranched alkanes of at least 4 members (excludes halogenated alkanes) is 1. The number of rotatable bonds is 8. The lowest BCUT2D eigenvalue weighted by Gasteiger charge is -2.24. The van der Waals surface area contributed by atoms with Gasteiger partial charge in [-0.3, -0.25) is 4.79 Å². The summed E-state index contributed by atoms with van der Waals surface area (Å²) >= 11 is 0. The van der Waals surface area contributed by atoms with Gasteiger partial charge in [0.1, 0.15) is 5.75 Å². The molecule has 0 aromatic heterocycles. The van der Waals surface area contributed by atoms with Gasteiger partial charge in [0, 0.05) is 18.5 Å². The van der Waals surface area contributed by atoms with E-state index in [0.29, 0.717) is 6.42 Å². The van der Waals surface area contributed by atoms with Gasteiger partial charge >= 0.3 is 0 Å². The minimum atomic E-state index is 0.243. The van der Waals surface area contributed by atoms with Crippen LogP contribution in [0.15, 0.2) is 24.3 Å². The molecule has 2 rings (SSSR count). The molecule has 0 atom stereocenters. The third kappa shape index (κ3) is 6.74. The summed E-state index contributed by atoms with van der Waals surface area (Å²) in [6, 6.07) is 7.63. The highest BCUT2D eigenvalue weighted by atomic mass is 16.5. The summed E-state index contributed by atoms with van der Waals surface area (Å²) in [5, 5.41) is 0. The fraction of sp³-hybridized carbons (Fsp3) is 0.650. The molecule has 0 aliphatic carbocycles. The minimum absolute atomic E-state index is 0.243. The number of likely N-dealkylation sites (tertiary alicyclic amines) is 1. The summed E-state index contributed by atoms with van der Waals surface area (Å²) in [6.07, 6.45) is 9.42. The van der Waals surface area contributed by atoms with Gasteiger partial charge in [-0.25, -0.2) is 0 Å². The highest BCUT2D eigenvalue weighted by molar-refractivity contribution is 5.96. The van der Waals surface area contributed by atoms with Crippen LogP contribution in [0.3, 0.4) is 0 Å². The van der Waals surface area contributed by atoms with E-state index in [0.717, 1.165) is 50.4 Å². The molecule has 0 N–H and O–H groups in total. The molecule has 0 amide bonds. The predicted molar refractivity (Wildman–Crippen MR) is 95.3 cm³/mol. The Kier molecular flexibility index (Phi) is 8.16.